The van der Waals surface area contributed by atoms with Crippen molar-refractivity contribution in [2.75, 3.05) is 0 Å². The van der Waals surface area contributed by atoms with E-state index < -0.39 is 23.5 Å². The lowest BCUT2D eigenvalue weighted by molar-refractivity contribution is -0.141. The van der Waals surface area contributed by atoms with Crippen molar-refractivity contribution in [1.82, 2.24) is 9.38 Å². The summed E-state index contributed by atoms with van der Waals surface area (Å²) in [6.07, 6.45) is -4.79. The normalized spacial score (nSPS) is 12.1. The van der Waals surface area contributed by atoms with E-state index in [1.54, 1.807) is 13.0 Å². The molecule has 1 N–H and O–H groups in total. The van der Waals surface area contributed by atoms with E-state index in [0.29, 0.717) is 5.69 Å². The second-order valence-corrected chi connectivity index (χ2v) is 3.98. The van der Waals surface area contributed by atoms with E-state index in [1.165, 1.54) is 13.0 Å². The lowest BCUT2D eigenvalue weighted by Gasteiger charge is -2.06. The molecule has 0 unspecified atom stereocenters. The molecule has 96 valence electrons. The predicted molar refractivity (Wildman–Crippen MR) is 56.6 cm³/mol. The standard InChI is InChI=1S/C11H9F3N2O2/c1-5-3-6(2)16-7(4-5)15-9(11(12,13)14)8(16)10(17)18/h3-4H,1-2H3,(H,17,18). The van der Waals surface area contributed by atoms with Gasteiger partial charge >= 0.3 is 12.1 Å². The molecule has 0 aliphatic heterocycles. The number of alkyl halides is 3. The number of pyridine rings is 1. The van der Waals surface area contributed by atoms with Crippen molar-refractivity contribution in [2.24, 2.45) is 0 Å². The number of nitrogens with zero attached hydrogens (tertiary/aromatic N) is 2. The monoisotopic (exact) mass is 258 g/mol. The van der Waals surface area contributed by atoms with Gasteiger partial charge in [0.15, 0.2) is 11.4 Å². The van der Waals surface area contributed by atoms with Crippen LogP contribution in [0.15, 0.2) is 12.1 Å². The van der Waals surface area contributed by atoms with Gasteiger partial charge in [0, 0.05) is 5.69 Å². The number of halogens is 3. The third-order valence-corrected chi connectivity index (χ3v) is 2.52. The molecule has 0 amide bonds. The van der Waals surface area contributed by atoms with Crippen LogP contribution in [0.25, 0.3) is 5.65 Å². The maximum absolute atomic E-state index is 12.7. The molecule has 18 heavy (non-hydrogen) atoms. The Morgan fingerprint density at radius 2 is 1.94 bits per heavy atom. The summed E-state index contributed by atoms with van der Waals surface area (Å²) in [5, 5.41) is 8.95. The van der Waals surface area contributed by atoms with Crippen LogP contribution < -0.4 is 0 Å². The number of hydrogen-bond acceptors (Lipinski definition) is 2. The molecule has 2 rings (SSSR count). The maximum atomic E-state index is 12.7. The lowest BCUT2D eigenvalue weighted by Crippen LogP contribution is -2.14. The fraction of sp³-hybridized carbons (Fsp3) is 0.273. The molecule has 0 radical (unpaired) electrons. The van der Waals surface area contributed by atoms with Crippen molar-refractivity contribution in [3.63, 3.8) is 0 Å². The molecule has 0 aliphatic rings. The average molecular weight is 258 g/mol. The smallest absolute Gasteiger partial charge is 0.435 e. The molecule has 0 fully saturated rings. The van der Waals surface area contributed by atoms with Gasteiger partial charge in [-0.1, -0.05) is 0 Å². The molecular formula is C11H9F3N2O2. The van der Waals surface area contributed by atoms with Crippen LogP contribution in [0.4, 0.5) is 13.2 Å². The molecule has 0 aromatic carbocycles. The van der Waals surface area contributed by atoms with Gasteiger partial charge in [-0.2, -0.15) is 13.2 Å². The van der Waals surface area contributed by atoms with Crippen molar-refractivity contribution >= 4 is 11.6 Å². The number of hydrogen-bond donors (Lipinski definition) is 1. The SMILES string of the molecule is Cc1cc(C)n2c(C(=O)O)c(C(F)(F)F)nc2c1. The van der Waals surface area contributed by atoms with Crippen LogP contribution in [0.3, 0.4) is 0 Å². The summed E-state index contributed by atoms with van der Waals surface area (Å²) < 4.78 is 39.2. The summed E-state index contributed by atoms with van der Waals surface area (Å²) in [5.41, 5.74) is -1.13. The summed E-state index contributed by atoms with van der Waals surface area (Å²) >= 11 is 0. The first-order chi connectivity index (χ1) is 8.21. The number of imidazole rings is 1. The second kappa shape index (κ2) is 3.72. The zero-order valence-electron chi connectivity index (χ0n) is 9.54. The quantitative estimate of drug-likeness (QED) is 0.855. The van der Waals surface area contributed by atoms with Gasteiger partial charge in [0.2, 0.25) is 0 Å². The lowest BCUT2D eigenvalue weighted by atomic mass is 10.2. The molecule has 2 aromatic rings. The number of carboxylic acid groups (broad SMARTS) is 1. The minimum atomic E-state index is -4.79. The van der Waals surface area contributed by atoms with Gasteiger partial charge in [0.1, 0.15) is 5.65 Å². The van der Waals surface area contributed by atoms with Crippen molar-refractivity contribution in [3.05, 3.63) is 34.8 Å². The van der Waals surface area contributed by atoms with E-state index in [9.17, 15) is 18.0 Å². The van der Waals surface area contributed by atoms with Crippen LogP contribution >= 0.6 is 0 Å². The highest BCUT2D eigenvalue weighted by Gasteiger charge is 2.40. The number of aromatic carboxylic acids is 1. The van der Waals surface area contributed by atoms with Gasteiger partial charge in [-0.05, 0) is 31.5 Å². The van der Waals surface area contributed by atoms with E-state index in [4.69, 9.17) is 5.11 Å². The fourth-order valence-corrected chi connectivity index (χ4v) is 1.93. The Hall–Kier alpha value is -2.05. The first kappa shape index (κ1) is 12.4. The van der Waals surface area contributed by atoms with E-state index >= 15 is 0 Å². The second-order valence-electron chi connectivity index (χ2n) is 3.98. The third kappa shape index (κ3) is 1.81. The summed E-state index contributed by atoms with van der Waals surface area (Å²) in [5.74, 6) is -1.65. The largest absolute Gasteiger partial charge is 0.476 e. The zero-order chi connectivity index (χ0) is 13.7. The molecular weight excluding hydrogens is 249 g/mol. The Labute approximate surface area is 99.7 Å². The van der Waals surface area contributed by atoms with Crippen LogP contribution in [0, 0.1) is 13.8 Å². The van der Waals surface area contributed by atoms with Crippen molar-refractivity contribution < 1.29 is 23.1 Å². The molecule has 0 bridgehead atoms. The van der Waals surface area contributed by atoms with E-state index in [2.05, 4.69) is 4.98 Å². The highest BCUT2D eigenvalue weighted by molar-refractivity contribution is 5.88. The highest BCUT2D eigenvalue weighted by Crippen LogP contribution is 2.32. The number of aromatic nitrogens is 2. The molecule has 4 nitrogen and oxygen atoms in total. The molecule has 0 saturated carbocycles. The minimum absolute atomic E-state index is 0.0165. The van der Waals surface area contributed by atoms with E-state index in [0.717, 1.165) is 9.96 Å². The zero-order valence-corrected chi connectivity index (χ0v) is 9.54. The van der Waals surface area contributed by atoms with Gasteiger partial charge in [-0.3, -0.25) is 4.40 Å². The highest BCUT2D eigenvalue weighted by atomic mass is 19.4. The van der Waals surface area contributed by atoms with Crippen LogP contribution in [0.2, 0.25) is 0 Å². The van der Waals surface area contributed by atoms with Crippen molar-refractivity contribution in [3.8, 4) is 0 Å². The molecule has 2 aromatic heterocycles. The number of carboxylic acids is 1. The Balaban J connectivity index is 2.93. The first-order valence-electron chi connectivity index (χ1n) is 5.02. The van der Waals surface area contributed by atoms with E-state index in [-0.39, 0.29) is 5.65 Å². The Morgan fingerprint density at radius 3 is 2.44 bits per heavy atom. The molecule has 0 saturated heterocycles. The van der Waals surface area contributed by atoms with Crippen LogP contribution in [-0.4, -0.2) is 20.5 Å². The number of aryl methyl sites for hydroxylation is 2. The molecule has 2 heterocycles. The fourth-order valence-electron chi connectivity index (χ4n) is 1.93. The molecule has 0 atom stereocenters. The predicted octanol–water partition coefficient (Wildman–Crippen LogP) is 2.67. The molecule has 7 heteroatoms. The third-order valence-electron chi connectivity index (χ3n) is 2.52. The Kier molecular flexibility index (Phi) is 2.57. The minimum Gasteiger partial charge on any atom is -0.476 e. The summed E-state index contributed by atoms with van der Waals surface area (Å²) in [6, 6.07) is 3.01. The average Bonchev–Trinajstić information content (AvgIpc) is 2.55. The number of rotatable bonds is 1. The molecule has 0 spiro atoms. The number of carbonyl (C=O) groups is 1. The van der Waals surface area contributed by atoms with E-state index in [1.807, 2.05) is 0 Å². The van der Waals surface area contributed by atoms with Gasteiger partial charge in [0.05, 0.1) is 0 Å². The Morgan fingerprint density at radius 1 is 1.33 bits per heavy atom. The first-order valence-corrected chi connectivity index (χ1v) is 5.02. The van der Waals surface area contributed by atoms with Gasteiger partial charge in [-0.15, -0.1) is 0 Å². The van der Waals surface area contributed by atoms with Crippen molar-refractivity contribution in [1.29, 1.82) is 0 Å². The summed E-state index contributed by atoms with van der Waals surface area (Å²) in [7, 11) is 0. The van der Waals surface area contributed by atoms with Gasteiger partial charge < -0.3 is 5.11 Å². The number of fused-ring (bicyclic) bond motifs is 1. The Bertz CT molecular complexity index is 644. The summed E-state index contributed by atoms with van der Waals surface area (Å²) in [4.78, 5) is 14.4. The van der Waals surface area contributed by atoms with Gasteiger partial charge in [0.25, 0.3) is 0 Å². The maximum Gasteiger partial charge on any atom is 0.435 e. The van der Waals surface area contributed by atoms with Crippen LogP contribution in [-0.2, 0) is 6.18 Å². The van der Waals surface area contributed by atoms with Gasteiger partial charge in [-0.25, -0.2) is 9.78 Å². The summed E-state index contributed by atoms with van der Waals surface area (Å²) in [6.45, 7) is 3.24. The topological polar surface area (TPSA) is 54.6 Å². The van der Waals surface area contributed by atoms with Crippen LogP contribution in [0.5, 0.6) is 0 Å². The molecule has 0 aliphatic carbocycles. The van der Waals surface area contributed by atoms with Crippen molar-refractivity contribution in [2.45, 2.75) is 20.0 Å². The van der Waals surface area contributed by atoms with Crippen LogP contribution in [0.1, 0.15) is 27.4 Å².